The topological polar surface area (TPSA) is 77.0 Å². The van der Waals surface area contributed by atoms with Crippen LogP contribution in [-0.2, 0) is 14.3 Å². The summed E-state index contributed by atoms with van der Waals surface area (Å²) in [5, 5.41) is 2.67. The molecule has 126 valence electrons. The molecular weight excluding hydrogens is 320 g/mol. The molecule has 6 nitrogen and oxygen atoms in total. The minimum Gasteiger partial charge on any atom is -0.497 e. The van der Waals surface area contributed by atoms with E-state index in [1.165, 1.54) is 6.92 Å². The number of amides is 1. The Labute approximate surface area is 144 Å². The fourth-order valence-corrected chi connectivity index (χ4v) is 2.32. The highest BCUT2D eigenvalue weighted by molar-refractivity contribution is 6.13. The van der Waals surface area contributed by atoms with E-state index in [4.69, 9.17) is 9.47 Å². The van der Waals surface area contributed by atoms with Gasteiger partial charge in [0.1, 0.15) is 5.75 Å². The zero-order valence-corrected chi connectivity index (χ0v) is 13.8. The molecule has 2 aromatic carbocycles. The third kappa shape index (κ3) is 3.92. The zero-order chi connectivity index (χ0) is 17.8. The number of carbonyl (C=O) groups is 2. The first-order chi connectivity index (χ1) is 12.0. The van der Waals surface area contributed by atoms with Crippen molar-refractivity contribution in [2.45, 2.75) is 6.92 Å². The van der Waals surface area contributed by atoms with Crippen LogP contribution in [0.15, 0.2) is 59.2 Å². The SMILES string of the molecule is COc1cccc(C=C2N=C(c3ccc(NC(C)=O)cc3)OC2=O)c1. The number of ether oxygens (including phenoxy) is 2. The van der Waals surface area contributed by atoms with E-state index in [-0.39, 0.29) is 17.5 Å². The van der Waals surface area contributed by atoms with Crippen molar-refractivity contribution in [1.29, 1.82) is 0 Å². The van der Waals surface area contributed by atoms with Crippen molar-refractivity contribution in [3.8, 4) is 5.75 Å². The molecule has 25 heavy (non-hydrogen) atoms. The summed E-state index contributed by atoms with van der Waals surface area (Å²) in [6.45, 7) is 1.44. The molecule has 0 aromatic heterocycles. The lowest BCUT2D eigenvalue weighted by Crippen LogP contribution is -2.07. The minimum atomic E-state index is -0.510. The largest absolute Gasteiger partial charge is 0.497 e. The van der Waals surface area contributed by atoms with Crippen LogP contribution in [0.5, 0.6) is 5.75 Å². The number of benzene rings is 2. The second-order valence-electron chi connectivity index (χ2n) is 5.37. The highest BCUT2D eigenvalue weighted by Crippen LogP contribution is 2.22. The van der Waals surface area contributed by atoms with Crippen molar-refractivity contribution in [1.82, 2.24) is 0 Å². The fourth-order valence-electron chi connectivity index (χ4n) is 2.32. The standard InChI is InChI=1S/C19H16N2O4/c1-12(22)20-15-8-6-14(7-9-15)18-21-17(19(23)25-18)11-13-4-3-5-16(10-13)24-2/h3-11H,1-2H3,(H,20,22). The lowest BCUT2D eigenvalue weighted by molar-refractivity contribution is -0.129. The van der Waals surface area contributed by atoms with Gasteiger partial charge in [-0.05, 0) is 48.0 Å². The van der Waals surface area contributed by atoms with E-state index in [1.54, 1.807) is 43.5 Å². The Bertz CT molecular complexity index is 883. The molecule has 0 saturated heterocycles. The van der Waals surface area contributed by atoms with Crippen LogP contribution in [0.1, 0.15) is 18.1 Å². The van der Waals surface area contributed by atoms with Crippen molar-refractivity contribution in [2.75, 3.05) is 12.4 Å². The van der Waals surface area contributed by atoms with Crippen LogP contribution in [0.2, 0.25) is 0 Å². The Balaban J connectivity index is 1.84. The summed E-state index contributed by atoms with van der Waals surface area (Å²) >= 11 is 0. The number of hydrogen-bond acceptors (Lipinski definition) is 5. The Morgan fingerprint density at radius 3 is 2.64 bits per heavy atom. The number of hydrogen-bond donors (Lipinski definition) is 1. The molecule has 0 unspecified atom stereocenters. The van der Waals surface area contributed by atoms with Crippen LogP contribution < -0.4 is 10.1 Å². The summed E-state index contributed by atoms with van der Waals surface area (Å²) in [6.07, 6.45) is 1.64. The van der Waals surface area contributed by atoms with Gasteiger partial charge in [0, 0.05) is 18.2 Å². The molecule has 1 aliphatic heterocycles. The molecule has 0 saturated carbocycles. The quantitative estimate of drug-likeness (QED) is 0.688. The summed E-state index contributed by atoms with van der Waals surface area (Å²) in [6, 6.07) is 14.2. The second-order valence-corrected chi connectivity index (χ2v) is 5.37. The van der Waals surface area contributed by atoms with Crippen LogP contribution in [-0.4, -0.2) is 24.9 Å². The Kier molecular flexibility index (Phi) is 4.61. The highest BCUT2D eigenvalue weighted by atomic mass is 16.6. The van der Waals surface area contributed by atoms with E-state index >= 15 is 0 Å². The van der Waals surface area contributed by atoms with Gasteiger partial charge in [-0.25, -0.2) is 9.79 Å². The lowest BCUT2D eigenvalue weighted by Gasteiger charge is -2.03. The van der Waals surface area contributed by atoms with Gasteiger partial charge in [0.2, 0.25) is 11.8 Å². The lowest BCUT2D eigenvalue weighted by atomic mass is 10.2. The molecule has 2 aromatic rings. The van der Waals surface area contributed by atoms with Crippen LogP contribution in [0, 0.1) is 0 Å². The maximum absolute atomic E-state index is 12.0. The predicted molar refractivity (Wildman–Crippen MR) is 94.3 cm³/mol. The second kappa shape index (κ2) is 7.00. The van der Waals surface area contributed by atoms with Crippen LogP contribution >= 0.6 is 0 Å². The van der Waals surface area contributed by atoms with E-state index in [1.807, 2.05) is 18.2 Å². The van der Waals surface area contributed by atoms with E-state index < -0.39 is 5.97 Å². The zero-order valence-electron chi connectivity index (χ0n) is 13.8. The molecule has 0 aliphatic carbocycles. The number of esters is 1. The number of aliphatic imine (C=N–C) groups is 1. The molecule has 1 heterocycles. The number of methoxy groups -OCH3 is 1. The summed E-state index contributed by atoms with van der Waals surface area (Å²) in [5.41, 5.74) is 2.32. The van der Waals surface area contributed by atoms with Crippen molar-refractivity contribution < 1.29 is 19.1 Å². The van der Waals surface area contributed by atoms with Gasteiger partial charge in [0.25, 0.3) is 0 Å². The molecule has 1 aliphatic rings. The first kappa shape index (κ1) is 16.4. The van der Waals surface area contributed by atoms with Gasteiger partial charge in [0.15, 0.2) is 5.70 Å². The Morgan fingerprint density at radius 2 is 1.96 bits per heavy atom. The monoisotopic (exact) mass is 336 g/mol. The number of anilines is 1. The Morgan fingerprint density at radius 1 is 1.20 bits per heavy atom. The molecule has 0 fully saturated rings. The molecule has 0 bridgehead atoms. The van der Waals surface area contributed by atoms with Gasteiger partial charge < -0.3 is 14.8 Å². The van der Waals surface area contributed by atoms with Gasteiger partial charge >= 0.3 is 5.97 Å². The fraction of sp³-hybridized carbons (Fsp3) is 0.105. The van der Waals surface area contributed by atoms with E-state index in [0.29, 0.717) is 17.0 Å². The summed E-state index contributed by atoms with van der Waals surface area (Å²) in [7, 11) is 1.58. The normalized spacial score (nSPS) is 14.9. The number of cyclic esters (lactones) is 1. The maximum atomic E-state index is 12.0. The minimum absolute atomic E-state index is 0.152. The third-order valence-corrected chi connectivity index (χ3v) is 3.47. The first-order valence-corrected chi connectivity index (χ1v) is 7.60. The Hall–Kier alpha value is -3.41. The van der Waals surface area contributed by atoms with Gasteiger partial charge in [-0.3, -0.25) is 4.79 Å². The smallest absolute Gasteiger partial charge is 0.363 e. The molecule has 3 rings (SSSR count). The maximum Gasteiger partial charge on any atom is 0.363 e. The molecular formula is C19H16N2O4. The van der Waals surface area contributed by atoms with Gasteiger partial charge in [-0.1, -0.05) is 12.1 Å². The number of carbonyl (C=O) groups excluding carboxylic acids is 2. The number of nitrogens with zero attached hydrogens (tertiary/aromatic N) is 1. The summed E-state index contributed by atoms with van der Waals surface area (Å²) in [5.74, 6) is 0.261. The van der Waals surface area contributed by atoms with Crippen LogP contribution in [0.25, 0.3) is 6.08 Å². The summed E-state index contributed by atoms with van der Waals surface area (Å²) < 4.78 is 10.4. The third-order valence-electron chi connectivity index (χ3n) is 3.47. The van der Waals surface area contributed by atoms with Gasteiger partial charge in [-0.15, -0.1) is 0 Å². The number of nitrogens with one attached hydrogen (secondary N) is 1. The molecule has 6 heteroatoms. The average molecular weight is 336 g/mol. The van der Waals surface area contributed by atoms with Crippen molar-refractivity contribution >= 4 is 29.5 Å². The van der Waals surface area contributed by atoms with Gasteiger partial charge in [0.05, 0.1) is 7.11 Å². The van der Waals surface area contributed by atoms with Crippen molar-refractivity contribution in [2.24, 2.45) is 4.99 Å². The molecule has 1 amide bonds. The predicted octanol–water partition coefficient (Wildman–Crippen LogP) is 3.00. The molecule has 0 spiro atoms. The highest BCUT2D eigenvalue weighted by Gasteiger charge is 2.24. The van der Waals surface area contributed by atoms with Crippen molar-refractivity contribution in [3.05, 3.63) is 65.4 Å². The number of rotatable bonds is 4. The van der Waals surface area contributed by atoms with E-state index in [9.17, 15) is 9.59 Å². The van der Waals surface area contributed by atoms with Gasteiger partial charge in [-0.2, -0.15) is 0 Å². The average Bonchev–Trinajstić information content (AvgIpc) is 2.96. The van der Waals surface area contributed by atoms with Crippen LogP contribution in [0.4, 0.5) is 5.69 Å². The van der Waals surface area contributed by atoms with E-state index in [2.05, 4.69) is 10.3 Å². The van der Waals surface area contributed by atoms with Crippen molar-refractivity contribution in [3.63, 3.8) is 0 Å². The molecule has 0 radical (unpaired) electrons. The van der Waals surface area contributed by atoms with E-state index in [0.717, 1.165) is 5.56 Å². The first-order valence-electron chi connectivity index (χ1n) is 7.60. The molecule has 0 atom stereocenters. The molecule has 1 N–H and O–H groups in total. The summed E-state index contributed by atoms with van der Waals surface area (Å²) in [4.78, 5) is 27.3. The van der Waals surface area contributed by atoms with Crippen LogP contribution in [0.3, 0.4) is 0 Å².